The van der Waals surface area contributed by atoms with Gasteiger partial charge >= 0.3 is 0 Å². The monoisotopic (exact) mass is 210 g/mol. The lowest BCUT2D eigenvalue weighted by molar-refractivity contribution is -0.0449. The van der Waals surface area contributed by atoms with Crippen LogP contribution in [0.3, 0.4) is 0 Å². The molecule has 0 radical (unpaired) electrons. The average molecular weight is 210 g/mol. The second kappa shape index (κ2) is 3.76. The third kappa shape index (κ3) is 2.22. The van der Waals surface area contributed by atoms with Gasteiger partial charge in [0.1, 0.15) is 0 Å². The van der Waals surface area contributed by atoms with Crippen LogP contribution in [0.15, 0.2) is 0 Å². The van der Waals surface area contributed by atoms with Gasteiger partial charge in [0.05, 0.1) is 5.60 Å². The first-order valence-corrected chi connectivity index (χ1v) is 6.70. The first-order valence-electron chi connectivity index (χ1n) is 6.70. The van der Waals surface area contributed by atoms with E-state index in [0.29, 0.717) is 11.3 Å². The zero-order valence-corrected chi connectivity index (χ0v) is 10.6. The fourth-order valence-corrected chi connectivity index (χ4v) is 3.22. The quantitative estimate of drug-likeness (QED) is 0.752. The van der Waals surface area contributed by atoms with Crippen molar-refractivity contribution < 1.29 is 5.11 Å². The van der Waals surface area contributed by atoms with E-state index in [2.05, 4.69) is 20.8 Å². The Bertz CT molecular complexity index is 219. The molecule has 0 unspecified atom stereocenters. The molecule has 2 saturated carbocycles. The van der Waals surface area contributed by atoms with Crippen LogP contribution in [-0.4, -0.2) is 10.7 Å². The lowest BCUT2D eigenvalue weighted by atomic mass is 9.65. The fourth-order valence-electron chi connectivity index (χ4n) is 3.22. The Kier molecular flexibility index (Phi) is 2.87. The molecule has 15 heavy (non-hydrogen) atoms. The van der Waals surface area contributed by atoms with Crippen molar-refractivity contribution in [2.45, 2.75) is 71.3 Å². The minimum absolute atomic E-state index is 0.264. The molecule has 0 amide bonds. The summed E-state index contributed by atoms with van der Waals surface area (Å²) < 4.78 is 0. The molecule has 1 nitrogen and oxygen atoms in total. The van der Waals surface area contributed by atoms with E-state index in [1.54, 1.807) is 0 Å². The van der Waals surface area contributed by atoms with Crippen LogP contribution in [0.2, 0.25) is 0 Å². The second-order valence-electron chi connectivity index (χ2n) is 6.49. The van der Waals surface area contributed by atoms with Gasteiger partial charge in [-0.25, -0.2) is 0 Å². The molecule has 2 fully saturated rings. The van der Waals surface area contributed by atoms with Crippen LogP contribution in [0, 0.1) is 17.3 Å². The highest BCUT2D eigenvalue weighted by Gasteiger charge is 2.47. The minimum atomic E-state index is -0.264. The molecular weight excluding hydrogens is 184 g/mol. The van der Waals surface area contributed by atoms with Crippen LogP contribution in [0.5, 0.6) is 0 Å². The normalized spacial score (nSPS) is 38.0. The summed E-state index contributed by atoms with van der Waals surface area (Å²) in [5, 5.41) is 10.5. The highest BCUT2D eigenvalue weighted by Crippen LogP contribution is 2.51. The fraction of sp³-hybridized carbons (Fsp3) is 1.00. The summed E-state index contributed by atoms with van der Waals surface area (Å²) in [4.78, 5) is 0. The van der Waals surface area contributed by atoms with Crippen molar-refractivity contribution in [3.63, 3.8) is 0 Å². The summed E-state index contributed by atoms with van der Waals surface area (Å²) in [7, 11) is 0. The van der Waals surface area contributed by atoms with Gasteiger partial charge in [0.25, 0.3) is 0 Å². The van der Waals surface area contributed by atoms with Gasteiger partial charge in [0.2, 0.25) is 0 Å². The molecule has 2 aliphatic rings. The molecule has 1 N–H and O–H groups in total. The number of hydrogen-bond acceptors (Lipinski definition) is 1. The van der Waals surface area contributed by atoms with E-state index in [1.165, 1.54) is 32.1 Å². The summed E-state index contributed by atoms with van der Waals surface area (Å²) in [6.45, 7) is 7.07. The largest absolute Gasteiger partial charge is 0.390 e. The number of rotatable bonds is 3. The third-order valence-electron chi connectivity index (χ3n) is 5.21. The molecule has 0 aromatic rings. The van der Waals surface area contributed by atoms with E-state index in [4.69, 9.17) is 0 Å². The Hall–Kier alpha value is -0.0400. The van der Waals surface area contributed by atoms with E-state index in [1.807, 2.05) is 0 Å². The first kappa shape index (κ1) is 11.4. The Morgan fingerprint density at radius 2 is 1.67 bits per heavy atom. The van der Waals surface area contributed by atoms with Crippen molar-refractivity contribution >= 4 is 0 Å². The van der Waals surface area contributed by atoms with Gasteiger partial charge in [-0.3, -0.25) is 0 Å². The molecule has 0 saturated heterocycles. The van der Waals surface area contributed by atoms with Gasteiger partial charge in [-0.15, -0.1) is 0 Å². The molecule has 0 spiro atoms. The molecule has 0 bridgehead atoms. The van der Waals surface area contributed by atoms with Crippen LogP contribution >= 0.6 is 0 Å². The molecule has 2 aliphatic carbocycles. The predicted octanol–water partition coefficient (Wildman–Crippen LogP) is 3.75. The van der Waals surface area contributed by atoms with Crippen molar-refractivity contribution in [2.24, 2.45) is 17.3 Å². The summed E-state index contributed by atoms with van der Waals surface area (Å²) in [5.74, 6) is 1.49. The van der Waals surface area contributed by atoms with Crippen LogP contribution in [0.4, 0.5) is 0 Å². The van der Waals surface area contributed by atoms with Gasteiger partial charge < -0.3 is 5.11 Å². The Balaban J connectivity index is 1.91. The van der Waals surface area contributed by atoms with Gasteiger partial charge in [0.15, 0.2) is 0 Å². The summed E-state index contributed by atoms with van der Waals surface area (Å²) in [5.41, 5.74) is 0.213. The van der Waals surface area contributed by atoms with Crippen LogP contribution in [0.25, 0.3) is 0 Å². The van der Waals surface area contributed by atoms with Gasteiger partial charge in [-0.2, -0.15) is 0 Å². The molecule has 0 atom stereocenters. The molecule has 2 rings (SSSR count). The van der Waals surface area contributed by atoms with E-state index in [0.717, 1.165) is 18.8 Å². The second-order valence-corrected chi connectivity index (χ2v) is 6.49. The average Bonchev–Trinajstić information content (AvgIpc) is 3.02. The Morgan fingerprint density at radius 3 is 2.07 bits per heavy atom. The highest BCUT2D eigenvalue weighted by molar-refractivity contribution is 4.98. The highest BCUT2D eigenvalue weighted by atomic mass is 16.3. The van der Waals surface area contributed by atoms with E-state index in [-0.39, 0.29) is 5.60 Å². The van der Waals surface area contributed by atoms with Crippen molar-refractivity contribution in [1.82, 2.24) is 0 Å². The third-order valence-corrected chi connectivity index (χ3v) is 5.21. The molecule has 0 aliphatic heterocycles. The van der Waals surface area contributed by atoms with Gasteiger partial charge in [-0.05, 0) is 55.8 Å². The molecule has 88 valence electrons. The lowest BCUT2D eigenvalue weighted by Gasteiger charge is -2.42. The first-order chi connectivity index (χ1) is 6.98. The molecule has 0 aromatic carbocycles. The van der Waals surface area contributed by atoms with E-state index in [9.17, 15) is 5.11 Å². The smallest absolute Gasteiger partial charge is 0.0676 e. The van der Waals surface area contributed by atoms with Crippen LogP contribution in [-0.2, 0) is 0 Å². The zero-order chi connectivity index (χ0) is 11.1. The van der Waals surface area contributed by atoms with E-state index >= 15 is 0 Å². The van der Waals surface area contributed by atoms with Gasteiger partial charge in [-0.1, -0.05) is 27.2 Å². The molecule has 0 aromatic heterocycles. The lowest BCUT2D eigenvalue weighted by Crippen LogP contribution is -2.39. The number of hydrogen-bond donors (Lipinski definition) is 1. The SMILES string of the molecule is CCC(C)(C)C1CCC(O)(C2CC2)CC1. The molecular formula is C14H26O. The standard InChI is InChI=1S/C14H26O/c1-4-13(2,3)11-7-9-14(15,10-8-11)12-5-6-12/h11-12,15H,4-10H2,1-3H3. The molecule has 1 heteroatoms. The maximum absolute atomic E-state index is 10.5. The summed E-state index contributed by atoms with van der Waals surface area (Å²) in [6, 6.07) is 0. The maximum Gasteiger partial charge on any atom is 0.0676 e. The topological polar surface area (TPSA) is 20.2 Å². The minimum Gasteiger partial charge on any atom is -0.390 e. The Morgan fingerprint density at radius 1 is 1.13 bits per heavy atom. The maximum atomic E-state index is 10.5. The van der Waals surface area contributed by atoms with Gasteiger partial charge in [0, 0.05) is 0 Å². The molecule has 0 heterocycles. The van der Waals surface area contributed by atoms with Crippen LogP contribution < -0.4 is 0 Å². The summed E-state index contributed by atoms with van der Waals surface area (Å²) >= 11 is 0. The van der Waals surface area contributed by atoms with Crippen LogP contribution in [0.1, 0.15) is 65.7 Å². The Labute approximate surface area is 94.3 Å². The van der Waals surface area contributed by atoms with Crippen molar-refractivity contribution in [1.29, 1.82) is 0 Å². The summed E-state index contributed by atoms with van der Waals surface area (Å²) in [6.07, 6.45) is 8.43. The number of aliphatic hydroxyl groups is 1. The van der Waals surface area contributed by atoms with Crippen molar-refractivity contribution in [3.05, 3.63) is 0 Å². The van der Waals surface area contributed by atoms with E-state index < -0.39 is 0 Å². The zero-order valence-electron chi connectivity index (χ0n) is 10.6. The van der Waals surface area contributed by atoms with Crippen molar-refractivity contribution in [3.8, 4) is 0 Å². The predicted molar refractivity (Wildman–Crippen MR) is 63.7 cm³/mol. The van der Waals surface area contributed by atoms with Crippen molar-refractivity contribution in [2.75, 3.05) is 0 Å².